The Morgan fingerprint density at radius 1 is 1.56 bits per heavy atom. The van der Waals surface area contributed by atoms with Gasteiger partial charge in [-0.15, -0.1) is 0 Å². The summed E-state index contributed by atoms with van der Waals surface area (Å²) in [5.41, 5.74) is 1.21. The van der Waals surface area contributed by atoms with Crippen LogP contribution in [0.4, 0.5) is 0 Å². The van der Waals surface area contributed by atoms with E-state index in [4.69, 9.17) is 5.14 Å². The molecule has 0 atom stereocenters. The first-order valence-electron chi connectivity index (χ1n) is 5.38. The highest BCUT2D eigenvalue weighted by atomic mass is 32.2. The standard InChI is InChI=1S/C10H19N5S/c1-13-5-9(6-13)14(2)7-8-4-10(16-11)12-15(8)3/h4,9H,5-7,11H2,1-3H3. The smallest absolute Gasteiger partial charge is 0.133 e. The molecule has 0 amide bonds. The molecule has 0 unspecified atom stereocenters. The van der Waals surface area contributed by atoms with Gasteiger partial charge in [0.15, 0.2) is 0 Å². The van der Waals surface area contributed by atoms with Crippen LogP contribution in [0.1, 0.15) is 5.69 Å². The van der Waals surface area contributed by atoms with E-state index in [2.05, 4.69) is 35.1 Å². The highest BCUT2D eigenvalue weighted by molar-refractivity contribution is 7.97. The molecule has 0 spiro atoms. The van der Waals surface area contributed by atoms with Crippen LogP contribution in [-0.4, -0.2) is 52.8 Å². The minimum absolute atomic E-state index is 0.675. The predicted molar refractivity (Wildman–Crippen MR) is 66.0 cm³/mol. The van der Waals surface area contributed by atoms with Gasteiger partial charge in [0.1, 0.15) is 5.03 Å². The van der Waals surface area contributed by atoms with Crippen LogP contribution in [0.2, 0.25) is 0 Å². The maximum absolute atomic E-state index is 5.50. The van der Waals surface area contributed by atoms with Crippen molar-refractivity contribution in [2.45, 2.75) is 17.6 Å². The van der Waals surface area contributed by atoms with Crippen molar-refractivity contribution < 1.29 is 0 Å². The first-order chi connectivity index (χ1) is 7.60. The zero-order valence-corrected chi connectivity index (χ0v) is 10.9. The van der Waals surface area contributed by atoms with Gasteiger partial charge in [-0.1, -0.05) is 0 Å². The number of nitrogens with two attached hydrogens (primary N) is 1. The third kappa shape index (κ3) is 2.40. The third-order valence-corrected chi connectivity index (χ3v) is 3.60. The second kappa shape index (κ2) is 4.75. The van der Waals surface area contributed by atoms with Crippen LogP contribution < -0.4 is 5.14 Å². The molecule has 2 rings (SSSR count). The fraction of sp³-hybridized carbons (Fsp3) is 0.700. The van der Waals surface area contributed by atoms with Crippen molar-refractivity contribution in [1.29, 1.82) is 0 Å². The molecule has 16 heavy (non-hydrogen) atoms. The van der Waals surface area contributed by atoms with Crippen LogP contribution in [0, 0.1) is 0 Å². The number of nitrogens with zero attached hydrogens (tertiary/aromatic N) is 4. The van der Waals surface area contributed by atoms with E-state index in [0.717, 1.165) is 24.7 Å². The average Bonchev–Trinajstić information content (AvgIpc) is 2.55. The van der Waals surface area contributed by atoms with Gasteiger partial charge in [0, 0.05) is 32.7 Å². The molecule has 1 aliphatic rings. The van der Waals surface area contributed by atoms with E-state index in [-0.39, 0.29) is 0 Å². The van der Waals surface area contributed by atoms with E-state index < -0.39 is 0 Å². The van der Waals surface area contributed by atoms with E-state index in [1.165, 1.54) is 17.6 Å². The normalized spacial score (nSPS) is 18.1. The lowest BCUT2D eigenvalue weighted by molar-refractivity contribution is 0.0644. The third-order valence-electron chi connectivity index (χ3n) is 3.15. The zero-order chi connectivity index (χ0) is 11.7. The lowest BCUT2D eigenvalue weighted by atomic mass is 10.1. The van der Waals surface area contributed by atoms with Gasteiger partial charge in [0.25, 0.3) is 0 Å². The molecule has 1 aliphatic heterocycles. The molecule has 1 aromatic heterocycles. The predicted octanol–water partition coefficient (Wildman–Crippen LogP) is 0.132. The summed E-state index contributed by atoms with van der Waals surface area (Å²) in [6.07, 6.45) is 0. The monoisotopic (exact) mass is 241 g/mol. The van der Waals surface area contributed by atoms with Gasteiger partial charge < -0.3 is 4.90 Å². The number of hydrogen-bond acceptors (Lipinski definition) is 5. The Morgan fingerprint density at radius 2 is 2.25 bits per heavy atom. The van der Waals surface area contributed by atoms with E-state index >= 15 is 0 Å². The molecule has 90 valence electrons. The van der Waals surface area contributed by atoms with E-state index in [0.29, 0.717) is 6.04 Å². The number of likely N-dealkylation sites (N-methyl/N-ethyl adjacent to an activating group) is 2. The number of rotatable bonds is 4. The number of aryl methyl sites for hydroxylation is 1. The minimum Gasteiger partial charge on any atom is -0.303 e. The fourth-order valence-corrected chi connectivity index (χ4v) is 2.39. The summed E-state index contributed by atoms with van der Waals surface area (Å²) in [6, 6.07) is 2.73. The van der Waals surface area contributed by atoms with Crippen LogP contribution >= 0.6 is 11.9 Å². The van der Waals surface area contributed by atoms with Gasteiger partial charge in [-0.2, -0.15) is 5.10 Å². The SMILES string of the molecule is CN1CC(N(C)Cc2cc(SN)nn2C)C1. The summed E-state index contributed by atoms with van der Waals surface area (Å²) in [4.78, 5) is 4.70. The van der Waals surface area contributed by atoms with Crippen molar-refractivity contribution >= 4 is 11.9 Å². The molecule has 1 fully saturated rings. The summed E-state index contributed by atoms with van der Waals surface area (Å²) in [6.45, 7) is 3.25. The molecule has 0 saturated carbocycles. The molecule has 2 N–H and O–H groups in total. The van der Waals surface area contributed by atoms with E-state index in [1.54, 1.807) is 0 Å². The number of likely N-dealkylation sites (tertiary alicyclic amines) is 1. The first kappa shape index (κ1) is 11.9. The summed E-state index contributed by atoms with van der Waals surface area (Å²) in [7, 11) is 6.29. The molecule has 1 saturated heterocycles. The van der Waals surface area contributed by atoms with Crippen molar-refractivity contribution in [3.63, 3.8) is 0 Å². The topological polar surface area (TPSA) is 50.3 Å². The maximum Gasteiger partial charge on any atom is 0.133 e. The molecule has 5 nitrogen and oxygen atoms in total. The molecule has 0 aromatic carbocycles. The lowest BCUT2D eigenvalue weighted by Gasteiger charge is -2.41. The molecular weight excluding hydrogens is 222 g/mol. The summed E-state index contributed by atoms with van der Waals surface area (Å²) >= 11 is 1.20. The van der Waals surface area contributed by atoms with Crippen LogP contribution in [0.15, 0.2) is 11.1 Å². The molecule has 1 aromatic rings. The van der Waals surface area contributed by atoms with Gasteiger partial charge in [-0.05, 0) is 32.1 Å². The molecule has 0 aliphatic carbocycles. The van der Waals surface area contributed by atoms with Crippen LogP contribution in [0.25, 0.3) is 0 Å². The molecule has 0 radical (unpaired) electrons. The highest BCUT2D eigenvalue weighted by Crippen LogP contribution is 2.16. The van der Waals surface area contributed by atoms with Crippen molar-refractivity contribution in [2.75, 3.05) is 27.2 Å². The average molecular weight is 241 g/mol. The maximum atomic E-state index is 5.50. The molecule has 6 heteroatoms. The van der Waals surface area contributed by atoms with Gasteiger partial charge >= 0.3 is 0 Å². The lowest BCUT2D eigenvalue weighted by Crippen LogP contribution is -2.56. The molecule has 0 bridgehead atoms. The quantitative estimate of drug-likeness (QED) is 0.760. The Hall–Kier alpha value is -0.560. The van der Waals surface area contributed by atoms with Crippen molar-refractivity contribution in [3.05, 3.63) is 11.8 Å². The van der Waals surface area contributed by atoms with Gasteiger partial charge in [0.2, 0.25) is 0 Å². The second-order valence-corrected chi connectivity index (χ2v) is 5.16. The van der Waals surface area contributed by atoms with Crippen LogP contribution in [-0.2, 0) is 13.6 Å². The Bertz CT molecular complexity index is 358. The summed E-state index contributed by atoms with van der Waals surface area (Å²) in [5.74, 6) is 0. The number of hydrogen-bond donors (Lipinski definition) is 1. The van der Waals surface area contributed by atoms with Gasteiger partial charge in [-0.25, -0.2) is 0 Å². The Kier molecular flexibility index (Phi) is 3.53. The van der Waals surface area contributed by atoms with E-state index in [1.807, 2.05) is 11.7 Å². The van der Waals surface area contributed by atoms with Crippen molar-refractivity contribution in [2.24, 2.45) is 12.2 Å². The van der Waals surface area contributed by atoms with Crippen molar-refractivity contribution in [1.82, 2.24) is 19.6 Å². The Balaban J connectivity index is 1.95. The van der Waals surface area contributed by atoms with E-state index in [9.17, 15) is 0 Å². The summed E-state index contributed by atoms with van der Waals surface area (Å²) < 4.78 is 1.91. The Labute approximate surface area is 101 Å². The van der Waals surface area contributed by atoms with Crippen LogP contribution in [0.3, 0.4) is 0 Å². The molecular formula is C10H19N5S. The van der Waals surface area contributed by atoms with Crippen LogP contribution in [0.5, 0.6) is 0 Å². The summed E-state index contributed by atoms with van der Waals surface area (Å²) in [5, 5.41) is 10.7. The number of aromatic nitrogens is 2. The van der Waals surface area contributed by atoms with Crippen molar-refractivity contribution in [3.8, 4) is 0 Å². The van der Waals surface area contributed by atoms with Gasteiger partial charge in [0.05, 0.1) is 5.69 Å². The zero-order valence-electron chi connectivity index (χ0n) is 10.1. The second-order valence-electron chi connectivity index (χ2n) is 4.51. The Morgan fingerprint density at radius 3 is 2.75 bits per heavy atom. The highest BCUT2D eigenvalue weighted by Gasteiger charge is 2.27. The minimum atomic E-state index is 0.675. The largest absolute Gasteiger partial charge is 0.303 e. The fourth-order valence-electron chi connectivity index (χ4n) is 2.01. The van der Waals surface area contributed by atoms with Gasteiger partial charge in [-0.3, -0.25) is 14.7 Å². The molecule has 2 heterocycles. The first-order valence-corrected chi connectivity index (χ1v) is 6.26.